The first-order valence-corrected chi connectivity index (χ1v) is 9.94. The predicted molar refractivity (Wildman–Crippen MR) is 107 cm³/mol. The molecule has 1 aliphatic rings. The number of carbonyl (C=O) groups excluding carboxylic acids is 3. The van der Waals surface area contributed by atoms with Crippen molar-refractivity contribution in [1.82, 2.24) is 10.2 Å². The van der Waals surface area contributed by atoms with Gasteiger partial charge in [0.25, 0.3) is 5.91 Å². The van der Waals surface area contributed by atoms with Crippen molar-refractivity contribution < 1.29 is 14.4 Å². The van der Waals surface area contributed by atoms with Crippen LogP contribution in [0.3, 0.4) is 0 Å². The lowest BCUT2D eigenvalue weighted by molar-refractivity contribution is -0.127. The highest BCUT2D eigenvalue weighted by Crippen LogP contribution is 2.20. The Morgan fingerprint density at radius 1 is 1.11 bits per heavy atom. The topological polar surface area (TPSA) is 78.5 Å². The van der Waals surface area contributed by atoms with Gasteiger partial charge in [-0.2, -0.15) is 0 Å². The quantitative estimate of drug-likeness (QED) is 0.770. The average molecular weight is 373 g/mol. The van der Waals surface area contributed by atoms with Crippen molar-refractivity contribution in [2.75, 3.05) is 18.4 Å². The third-order valence-corrected chi connectivity index (χ3v) is 5.05. The fourth-order valence-corrected chi connectivity index (χ4v) is 3.14. The molecule has 0 bridgehead atoms. The minimum atomic E-state index is -0.0257. The number of hydrogen-bond donors (Lipinski definition) is 2. The Morgan fingerprint density at radius 3 is 2.30 bits per heavy atom. The highest BCUT2D eigenvalue weighted by molar-refractivity contribution is 5.96. The van der Waals surface area contributed by atoms with Crippen LogP contribution in [0.5, 0.6) is 0 Å². The molecule has 0 aromatic heterocycles. The normalized spacial score (nSPS) is 15.9. The van der Waals surface area contributed by atoms with E-state index in [9.17, 15) is 14.4 Å². The fourth-order valence-electron chi connectivity index (χ4n) is 3.14. The van der Waals surface area contributed by atoms with Crippen LogP contribution in [0.4, 0.5) is 5.69 Å². The molecule has 1 fully saturated rings. The third-order valence-electron chi connectivity index (χ3n) is 5.05. The number of nitrogens with one attached hydrogen (secondary N) is 2. The van der Waals surface area contributed by atoms with Gasteiger partial charge in [-0.3, -0.25) is 14.4 Å². The van der Waals surface area contributed by atoms with E-state index in [2.05, 4.69) is 10.6 Å². The summed E-state index contributed by atoms with van der Waals surface area (Å²) < 4.78 is 0. The summed E-state index contributed by atoms with van der Waals surface area (Å²) in [6, 6.07) is 7.19. The zero-order valence-electron chi connectivity index (χ0n) is 16.6. The van der Waals surface area contributed by atoms with Crippen molar-refractivity contribution in [2.24, 2.45) is 5.92 Å². The van der Waals surface area contributed by atoms with Crippen molar-refractivity contribution in [3.63, 3.8) is 0 Å². The van der Waals surface area contributed by atoms with E-state index in [0.717, 1.165) is 12.8 Å². The van der Waals surface area contributed by atoms with Gasteiger partial charge in [0.15, 0.2) is 0 Å². The van der Waals surface area contributed by atoms with Gasteiger partial charge >= 0.3 is 0 Å². The molecule has 0 aliphatic carbocycles. The van der Waals surface area contributed by atoms with Gasteiger partial charge in [0, 0.05) is 42.7 Å². The predicted octanol–water partition coefficient (Wildman–Crippen LogP) is 3.19. The van der Waals surface area contributed by atoms with Gasteiger partial charge in [-0.15, -0.1) is 0 Å². The van der Waals surface area contributed by atoms with Crippen LogP contribution in [-0.4, -0.2) is 41.8 Å². The smallest absolute Gasteiger partial charge is 0.253 e. The molecule has 1 aliphatic heterocycles. The lowest BCUT2D eigenvalue weighted by Crippen LogP contribution is -2.44. The van der Waals surface area contributed by atoms with Gasteiger partial charge in [-0.05, 0) is 56.9 Å². The third kappa shape index (κ3) is 6.08. The Hall–Kier alpha value is -2.37. The van der Waals surface area contributed by atoms with Crippen LogP contribution in [0, 0.1) is 5.92 Å². The lowest BCUT2D eigenvalue weighted by Gasteiger charge is -2.32. The molecule has 1 saturated heterocycles. The number of benzene rings is 1. The van der Waals surface area contributed by atoms with Crippen molar-refractivity contribution in [2.45, 2.75) is 58.9 Å². The van der Waals surface area contributed by atoms with Crippen LogP contribution >= 0.6 is 0 Å². The standard InChI is InChI=1S/C21H31N3O3/c1-4-6-19(25)23-18-9-7-17(8-10-18)21(27)24-13-11-16(12-14-24)20(26)22-15(3)5-2/h7-10,15-16H,4-6,11-14H2,1-3H3,(H,22,26)(H,23,25)/t15-/m1/s1. The number of rotatable bonds is 7. The molecule has 0 radical (unpaired) electrons. The molecule has 1 aromatic carbocycles. The molecular weight excluding hydrogens is 342 g/mol. The zero-order chi connectivity index (χ0) is 19.8. The molecule has 0 unspecified atom stereocenters. The molecule has 1 aromatic rings. The van der Waals surface area contributed by atoms with E-state index in [-0.39, 0.29) is 29.7 Å². The molecule has 1 atom stereocenters. The summed E-state index contributed by atoms with van der Waals surface area (Å²) in [5, 5.41) is 5.85. The maximum atomic E-state index is 12.7. The SMILES string of the molecule is CCCC(=O)Nc1ccc(C(=O)N2CCC(C(=O)N[C@H](C)CC)CC2)cc1. The van der Waals surface area contributed by atoms with Gasteiger partial charge in [0.1, 0.15) is 0 Å². The summed E-state index contributed by atoms with van der Waals surface area (Å²) >= 11 is 0. The maximum absolute atomic E-state index is 12.7. The van der Waals surface area contributed by atoms with Gasteiger partial charge < -0.3 is 15.5 Å². The lowest BCUT2D eigenvalue weighted by atomic mass is 9.95. The number of likely N-dealkylation sites (tertiary alicyclic amines) is 1. The monoisotopic (exact) mass is 373 g/mol. The second-order valence-electron chi connectivity index (χ2n) is 7.26. The second-order valence-corrected chi connectivity index (χ2v) is 7.26. The van der Waals surface area contributed by atoms with Crippen molar-refractivity contribution in [3.8, 4) is 0 Å². The Labute approximate surface area is 161 Å². The van der Waals surface area contributed by atoms with Crippen LogP contribution in [0.25, 0.3) is 0 Å². The molecule has 148 valence electrons. The van der Waals surface area contributed by atoms with Crippen molar-refractivity contribution in [1.29, 1.82) is 0 Å². The van der Waals surface area contributed by atoms with E-state index in [1.54, 1.807) is 29.2 Å². The first kappa shape index (κ1) is 20.9. The molecule has 2 N–H and O–H groups in total. The average Bonchev–Trinajstić information content (AvgIpc) is 2.68. The molecule has 6 heteroatoms. The molecule has 6 nitrogen and oxygen atoms in total. The Kier molecular flexibility index (Phi) is 7.82. The Balaban J connectivity index is 1.86. The van der Waals surface area contributed by atoms with Gasteiger partial charge in [-0.1, -0.05) is 13.8 Å². The number of anilines is 1. The molecule has 1 heterocycles. The van der Waals surface area contributed by atoms with Crippen LogP contribution in [-0.2, 0) is 9.59 Å². The van der Waals surface area contributed by atoms with Crippen LogP contribution in [0.2, 0.25) is 0 Å². The molecule has 2 rings (SSSR count). The van der Waals surface area contributed by atoms with E-state index in [1.165, 1.54) is 0 Å². The van der Waals surface area contributed by atoms with E-state index >= 15 is 0 Å². The summed E-state index contributed by atoms with van der Waals surface area (Å²) in [6.45, 7) is 7.19. The summed E-state index contributed by atoms with van der Waals surface area (Å²) in [4.78, 5) is 38.3. The number of carbonyl (C=O) groups is 3. The van der Waals surface area contributed by atoms with Crippen LogP contribution < -0.4 is 10.6 Å². The van der Waals surface area contributed by atoms with Crippen LogP contribution in [0.15, 0.2) is 24.3 Å². The summed E-state index contributed by atoms with van der Waals surface area (Å²) in [7, 11) is 0. The highest BCUT2D eigenvalue weighted by Gasteiger charge is 2.28. The molecule has 0 saturated carbocycles. The zero-order valence-corrected chi connectivity index (χ0v) is 16.6. The molecule has 0 spiro atoms. The molecular formula is C21H31N3O3. The summed E-state index contributed by atoms with van der Waals surface area (Å²) in [5.74, 6) is 0.0411. The number of hydrogen-bond acceptors (Lipinski definition) is 3. The van der Waals surface area contributed by atoms with Crippen molar-refractivity contribution >= 4 is 23.4 Å². The summed E-state index contributed by atoms with van der Waals surface area (Å²) in [5.41, 5.74) is 1.30. The molecule has 3 amide bonds. The van der Waals surface area contributed by atoms with E-state index in [0.29, 0.717) is 43.6 Å². The van der Waals surface area contributed by atoms with E-state index in [1.807, 2.05) is 20.8 Å². The minimum absolute atomic E-state index is 0.0146. The fraction of sp³-hybridized carbons (Fsp3) is 0.571. The number of nitrogens with zero attached hydrogens (tertiary/aromatic N) is 1. The van der Waals surface area contributed by atoms with Crippen LogP contribution in [0.1, 0.15) is 63.2 Å². The number of piperidine rings is 1. The van der Waals surface area contributed by atoms with Gasteiger partial charge in [0.2, 0.25) is 11.8 Å². The Morgan fingerprint density at radius 2 is 1.74 bits per heavy atom. The minimum Gasteiger partial charge on any atom is -0.353 e. The first-order chi connectivity index (χ1) is 12.9. The second kappa shape index (κ2) is 10.1. The van der Waals surface area contributed by atoms with Gasteiger partial charge in [-0.25, -0.2) is 0 Å². The maximum Gasteiger partial charge on any atom is 0.253 e. The van der Waals surface area contributed by atoms with E-state index < -0.39 is 0 Å². The van der Waals surface area contributed by atoms with Crippen molar-refractivity contribution in [3.05, 3.63) is 29.8 Å². The first-order valence-electron chi connectivity index (χ1n) is 9.94. The number of amides is 3. The van der Waals surface area contributed by atoms with E-state index in [4.69, 9.17) is 0 Å². The highest BCUT2D eigenvalue weighted by atomic mass is 16.2. The molecule has 27 heavy (non-hydrogen) atoms. The Bertz CT molecular complexity index is 649. The summed E-state index contributed by atoms with van der Waals surface area (Å²) in [6.07, 6.45) is 3.59. The van der Waals surface area contributed by atoms with Gasteiger partial charge in [0.05, 0.1) is 0 Å². The largest absolute Gasteiger partial charge is 0.353 e.